The Morgan fingerprint density at radius 2 is 2.13 bits per heavy atom. The second kappa shape index (κ2) is 7.46. The first-order valence-corrected chi connectivity index (χ1v) is 9.68. The van der Waals surface area contributed by atoms with E-state index in [0.29, 0.717) is 17.1 Å². The van der Waals surface area contributed by atoms with E-state index >= 15 is 0 Å². The number of thiocarbonyl (C=S) groups is 1. The predicted octanol–water partition coefficient (Wildman–Crippen LogP) is 1.79. The zero-order chi connectivity index (χ0) is 17.0. The molecule has 0 bridgehead atoms. The molecule has 1 heterocycles. The summed E-state index contributed by atoms with van der Waals surface area (Å²) >= 11 is 11.1. The van der Waals surface area contributed by atoms with E-state index < -0.39 is 9.84 Å². The lowest BCUT2D eigenvalue weighted by Gasteiger charge is -2.13. The fourth-order valence-electron chi connectivity index (χ4n) is 2.31. The number of hydrogen-bond donors (Lipinski definition) is 3. The average Bonchev–Trinajstić information content (AvgIpc) is 2.80. The Bertz CT molecular complexity index is 722. The van der Waals surface area contributed by atoms with E-state index in [2.05, 4.69) is 16.2 Å². The van der Waals surface area contributed by atoms with Gasteiger partial charge in [-0.15, -0.1) is 0 Å². The van der Waals surface area contributed by atoms with Gasteiger partial charge in [-0.2, -0.15) is 0 Å². The van der Waals surface area contributed by atoms with Crippen molar-refractivity contribution in [2.45, 2.75) is 19.8 Å². The number of carbonyl (C=O) groups excluding carboxylic acids is 1. The van der Waals surface area contributed by atoms with Crippen LogP contribution >= 0.6 is 23.8 Å². The van der Waals surface area contributed by atoms with E-state index in [1.54, 1.807) is 6.07 Å². The lowest BCUT2D eigenvalue weighted by atomic mass is 10.1. The standard InChI is InChI=1S/C14H18ClN3O3S2/c1-9-2-3-11(7-12(9)15)16-14(22)18-17-13(19)6-10-4-5-23(20,21)8-10/h2-3,7,10H,4-6,8H2,1H3,(H,17,19)(H2,16,18,22)/t10-/m0/s1. The van der Waals surface area contributed by atoms with Crippen LogP contribution in [-0.4, -0.2) is 30.9 Å². The molecule has 1 aromatic rings. The number of anilines is 1. The van der Waals surface area contributed by atoms with Crippen molar-refractivity contribution in [2.24, 2.45) is 5.92 Å². The minimum absolute atomic E-state index is 0.0744. The van der Waals surface area contributed by atoms with Gasteiger partial charge in [-0.3, -0.25) is 15.6 Å². The highest BCUT2D eigenvalue weighted by Gasteiger charge is 2.29. The third-order valence-electron chi connectivity index (χ3n) is 3.55. The van der Waals surface area contributed by atoms with E-state index in [1.807, 2.05) is 19.1 Å². The van der Waals surface area contributed by atoms with Crippen LogP contribution in [0.1, 0.15) is 18.4 Å². The summed E-state index contributed by atoms with van der Waals surface area (Å²) in [5.74, 6) is -0.185. The molecule has 6 nitrogen and oxygen atoms in total. The summed E-state index contributed by atoms with van der Waals surface area (Å²) in [4.78, 5) is 11.8. The highest BCUT2D eigenvalue weighted by atomic mass is 35.5. The molecule has 0 aliphatic carbocycles. The number of rotatable bonds is 3. The number of carbonyl (C=O) groups is 1. The van der Waals surface area contributed by atoms with Crippen molar-refractivity contribution in [3.8, 4) is 0 Å². The van der Waals surface area contributed by atoms with Gasteiger partial charge in [0.1, 0.15) is 0 Å². The molecule has 0 unspecified atom stereocenters. The molecule has 23 heavy (non-hydrogen) atoms. The quantitative estimate of drug-likeness (QED) is 0.551. The maximum Gasteiger partial charge on any atom is 0.238 e. The maximum atomic E-state index is 11.8. The van der Waals surface area contributed by atoms with E-state index in [4.69, 9.17) is 23.8 Å². The molecule has 3 N–H and O–H groups in total. The Hall–Kier alpha value is -1.38. The van der Waals surface area contributed by atoms with Crippen LogP contribution in [0.4, 0.5) is 5.69 Å². The zero-order valence-corrected chi connectivity index (χ0v) is 14.9. The van der Waals surface area contributed by atoms with Gasteiger partial charge in [0.15, 0.2) is 14.9 Å². The van der Waals surface area contributed by atoms with Gasteiger partial charge in [0.05, 0.1) is 11.5 Å². The van der Waals surface area contributed by atoms with E-state index in [0.717, 1.165) is 5.56 Å². The van der Waals surface area contributed by atoms with Crippen LogP contribution < -0.4 is 16.2 Å². The van der Waals surface area contributed by atoms with Crippen molar-refractivity contribution in [1.29, 1.82) is 0 Å². The summed E-state index contributed by atoms with van der Waals surface area (Å²) in [6.45, 7) is 1.89. The van der Waals surface area contributed by atoms with Crippen LogP contribution in [0.2, 0.25) is 5.02 Å². The first-order chi connectivity index (χ1) is 10.7. The Morgan fingerprint density at radius 1 is 1.39 bits per heavy atom. The summed E-state index contributed by atoms with van der Waals surface area (Å²) < 4.78 is 22.7. The van der Waals surface area contributed by atoms with Crippen LogP contribution in [0.5, 0.6) is 0 Å². The molecule has 1 aromatic carbocycles. The van der Waals surface area contributed by atoms with Crippen molar-refractivity contribution in [2.75, 3.05) is 16.8 Å². The number of nitrogens with one attached hydrogen (secondary N) is 3. The molecule has 0 spiro atoms. The molecule has 0 radical (unpaired) electrons. The number of halogens is 1. The monoisotopic (exact) mass is 375 g/mol. The molecular formula is C14H18ClN3O3S2. The molecule has 9 heteroatoms. The van der Waals surface area contributed by atoms with E-state index in [1.165, 1.54) is 0 Å². The molecule has 1 saturated heterocycles. The summed E-state index contributed by atoms with van der Waals surface area (Å²) in [5.41, 5.74) is 6.71. The fourth-order valence-corrected chi connectivity index (χ4v) is 4.52. The van der Waals surface area contributed by atoms with Gasteiger partial charge >= 0.3 is 0 Å². The number of amides is 1. The normalized spacial score (nSPS) is 19.1. The number of hydrazine groups is 1. The van der Waals surface area contributed by atoms with Gasteiger partial charge in [0, 0.05) is 17.1 Å². The molecule has 0 aromatic heterocycles. The Balaban J connectivity index is 1.75. The minimum Gasteiger partial charge on any atom is -0.331 e. The average molecular weight is 376 g/mol. The van der Waals surface area contributed by atoms with Gasteiger partial charge in [-0.05, 0) is 49.2 Å². The number of benzene rings is 1. The third-order valence-corrected chi connectivity index (χ3v) is 5.99. The van der Waals surface area contributed by atoms with Crippen molar-refractivity contribution >= 4 is 50.4 Å². The third kappa shape index (κ3) is 5.63. The smallest absolute Gasteiger partial charge is 0.238 e. The first-order valence-electron chi connectivity index (χ1n) is 7.07. The van der Waals surface area contributed by atoms with Gasteiger partial charge in [0.25, 0.3) is 0 Å². The van der Waals surface area contributed by atoms with Crippen molar-refractivity contribution in [3.63, 3.8) is 0 Å². The molecule has 1 aliphatic heterocycles. The van der Waals surface area contributed by atoms with Gasteiger partial charge in [-0.25, -0.2) is 8.42 Å². The molecular weight excluding hydrogens is 358 g/mol. The lowest BCUT2D eigenvalue weighted by Crippen LogP contribution is -2.44. The van der Waals surface area contributed by atoms with Gasteiger partial charge in [0.2, 0.25) is 5.91 Å². The molecule has 0 saturated carbocycles. The number of hydrogen-bond acceptors (Lipinski definition) is 4. The summed E-state index contributed by atoms with van der Waals surface area (Å²) in [7, 11) is -2.97. The molecule has 1 fully saturated rings. The maximum absolute atomic E-state index is 11.8. The molecule has 126 valence electrons. The van der Waals surface area contributed by atoms with Crippen molar-refractivity contribution in [1.82, 2.24) is 10.9 Å². The summed E-state index contributed by atoms with van der Waals surface area (Å²) in [6.07, 6.45) is 0.686. The van der Waals surface area contributed by atoms with E-state index in [9.17, 15) is 13.2 Å². The predicted molar refractivity (Wildman–Crippen MR) is 95.1 cm³/mol. The molecule has 1 aliphatic rings. The first kappa shape index (κ1) is 18.0. The second-order valence-corrected chi connectivity index (χ2v) is 8.61. The molecule has 2 rings (SSSR count). The lowest BCUT2D eigenvalue weighted by molar-refractivity contribution is -0.122. The van der Waals surface area contributed by atoms with Gasteiger partial charge in [-0.1, -0.05) is 17.7 Å². The Labute approximate surface area is 145 Å². The highest BCUT2D eigenvalue weighted by molar-refractivity contribution is 7.91. The molecule has 1 atom stereocenters. The fraction of sp³-hybridized carbons (Fsp3) is 0.429. The highest BCUT2D eigenvalue weighted by Crippen LogP contribution is 2.21. The second-order valence-electron chi connectivity index (χ2n) is 5.56. The number of aryl methyl sites for hydroxylation is 1. The summed E-state index contributed by atoms with van der Waals surface area (Å²) in [5, 5.41) is 3.73. The van der Waals surface area contributed by atoms with Gasteiger partial charge < -0.3 is 5.32 Å². The Morgan fingerprint density at radius 3 is 2.74 bits per heavy atom. The number of sulfone groups is 1. The topological polar surface area (TPSA) is 87.3 Å². The van der Waals surface area contributed by atoms with Crippen LogP contribution in [-0.2, 0) is 14.6 Å². The SMILES string of the molecule is Cc1ccc(NC(=S)NNC(=O)C[C@@H]2CCS(=O)(=O)C2)cc1Cl. The van der Waals surface area contributed by atoms with Crippen molar-refractivity contribution in [3.05, 3.63) is 28.8 Å². The zero-order valence-electron chi connectivity index (χ0n) is 12.6. The largest absolute Gasteiger partial charge is 0.331 e. The minimum atomic E-state index is -2.97. The van der Waals surface area contributed by atoms with Crippen LogP contribution in [0.15, 0.2) is 18.2 Å². The van der Waals surface area contributed by atoms with Crippen LogP contribution in [0.3, 0.4) is 0 Å². The summed E-state index contributed by atoms with van der Waals surface area (Å²) in [6, 6.07) is 5.41. The Kier molecular flexibility index (Phi) is 5.83. The van der Waals surface area contributed by atoms with Crippen LogP contribution in [0, 0.1) is 12.8 Å². The molecule has 1 amide bonds. The van der Waals surface area contributed by atoms with E-state index in [-0.39, 0.29) is 34.9 Å². The van der Waals surface area contributed by atoms with Crippen molar-refractivity contribution < 1.29 is 13.2 Å². The van der Waals surface area contributed by atoms with Crippen LogP contribution in [0.25, 0.3) is 0 Å².